The summed E-state index contributed by atoms with van der Waals surface area (Å²) in [5.41, 5.74) is 15.5. The van der Waals surface area contributed by atoms with Crippen molar-refractivity contribution in [3.05, 3.63) is 144 Å². The van der Waals surface area contributed by atoms with Crippen molar-refractivity contribution in [2.75, 3.05) is 0 Å². The summed E-state index contributed by atoms with van der Waals surface area (Å²) in [5, 5.41) is 2.22. The standard InChI is InChI=1S/C42H32N6/c1-25-27(3)39(47-41-32(25)17-18-33-26(2)28(4)40(48-42(33)41)36-16-7-10-21-45-36)30-13-11-12-29(22-30)31-23-37(34-14-5-8-19-43-34)46-38(24-31)35-15-6-9-20-44-35/h5-24H,1-4H3. The number of nitrogens with zero attached hydrogens (tertiary/aromatic N) is 6. The van der Waals surface area contributed by atoms with Gasteiger partial charge in [-0.1, -0.05) is 48.5 Å². The predicted octanol–water partition coefficient (Wildman–Crippen LogP) is 9.93. The molecular formula is C42H32N6. The maximum Gasteiger partial charge on any atom is 0.0976 e. The van der Waals surface area contributed by atoms with E-state index in [2.05, 4.69) is 91.2 Å². The summed E-state index contributed by atoms with van der Waals surface area (Å²) < 4.78 is 0. The Labute approximate surface area is 279 Å². The lowest BCUT2D eigenvalue weighted by Crippen LogP contribution is -2.00. The highest BCUT2D eigenvalue weighted by molar-refractivity contribution is 6.07. The Kier molecular flexibility index (Phi) is 7.26. The molecule has 0 saturated heterocycles. The van der Waals surface area contributed by atoms with E-state index in [1.54, 1.807) is 12.4 Å². The van der Waals surface area contributed by atoms with Crippen LogP contribution in [0.3, 0.4) is 0 Å². The number of aromatic nitrogens is 6. The molecule has 0 aliphatic heterocycles. The predicted molar refractivity (Wildman–Crippen MR) is 194 cm³/mol. The van der Waals surface area contributed by atoms with E-state index in [0.29, 0.717) is 0 Å². The highest BCUT2D eigenvalue weighted by Gasteiger charge is 2.18. The van der Waals surface area contributed by atoms with Crippen molar-refractivity contribution in [3.63, 3.8) is 0 Å². The Morgan fingerprint density at radius 2 is 0.854 bits per heavy atom. The molecule has 8 aromatic rings. The summed E-state index contributed by atoms with van der Waals surface area (Å²) in [7, 11) is 0. The molecule has 0 unspecified atom stereocenters. The van der Waals surface area contributed by atoms with Gasteiger partial charge in [0.25, 0.3) is 0 Å². The van der Waals surface area contributed by atoms with Gasteiger partial charge in [-0.15, -0.1) is 0 Å². The maximum absolute atomic E-state index is 5.39. The Bertz CT molecular complexity index is 2420. The molecule has 0 saturated carbocycles. The van der Waals surface area contributed by atoms with Crippen molar-refractivity contribution in [3.8, 4) is 56.5 Å². The quantitative estimate of drug-likeness (QED) is 0.178. The Morgan fingerprint density at radius 1 is 0.354 bits per heavy atom. The van der Waals surface area contributed by atoms with E-state index in [9.17, 15) is 0 Å². The van der Waals surface area contributed by atoms with Gasteiger partial charge in [-0.05, 0) is 116 Å². The molecule has 0 spiro atoms. The average Bonchev–Trinajstić information content (AvgIpc) is 3.15. The number of rotatable bonds is 5. The first kappa shape index (κ1) is 29.3. The number of pyridine rings is 6. The van der Waals surface area contributed by atoms with Crippen molar-refractivity contribution < 1.29 is 0 Å². The number of aryl methyl sites for hydroxylation is 2. The van der Waals surface area contributed by atoms with E-state index >= 15 is 0 Å². The minimum absolute atomic E-state index is 0.793. The summed E-state index contributed by atoms with van der Waals surface area (Å²) in [5.74, 6) is 0. The molecule has 0 aliphatic carbocycles. The molecule has 230 valence electrons. The summed E-state index contributed by atoms with van der Waals surface area (Å²) in [4.78, 5) is 29.4. The monoisotopic (exact) mass is 620 g/mol. The molecule has 0 N–H and O–H groups in total. The van der Waals surface area contributed by atoms with Crippen LogP contribution in [0.1, 0.15) is 22.3 Å². The largest absolute Gasteiger partial charge is 0.255 e. The number of fused-ring (bicyclic) bond motifs is 3. The molecule has 6 heterocycles. The minimum Gasteiger partial charge on any atom is -0.255 e. The number of hydrogen-bond donors (Lipinski definition) is 0. The van der Waals surface area contributed by atoms with E-state index in [0.717, 1.165) is 89.5 Å². The fraction of sp³-hybridized carbons (Fsp3) is 0.0952. The highest BCUT2D eigenvalue weighted by Crippen LogP contribution is 2.37. The van der Waals surface area contributed by atoms with E-state index in [1.807, 2.05) is 60.8 Å². The van der Waals surface area contributed by atoms with Crippen LogP contribution in [-0.2, 0) is 0 Å². The third-order valence-electron chi connectivity index (χ3n) is 9.30. The first-order chi connectivity index (χ1) is 23.5. The number of hydrogen-bond acceptors (Lipinski definition) is 6. The van der Waals surface area contributed by atoms with Gasteiger partial charge in [0.15, 0.2) is 0 Å². The van der Waals surface area contributed by atoms with Gasteiger partial charge in [-0.2, -0.15) is 0 Å². The molecule has 6 aromatic heterocycles. The molecule has 0 aliphatic rings. The first-order valence-corrected chi connectivity index (χ1v) is 16.0. The lowest BCUT2D eigenvalue weighted by molar-refractivity contribution is 1.22. The first-order valence-electron chi connectivity index (χ1n) is 16.0. The van der Waals surface area contributed by atoms with Crippen molar-refractivity contribution in [2.24, 2.45) is 0 Å². The van der Waals surface area contributed by atoms with E-state index in [1.165, 1.54) is 11.1 Å². The molecule has 6 heteroatoms. The van der Waals surface area contributed by atoms with Crippen LogP contribution in [0.2, 0.25) is 0 Å². The second-order valence-corrected chi connectivity index (χ2v) is 12.1. The zero-order chi connectivity index (χ0) is 32.8. The normalized spacial score (nSPS) is 11.3. The van der Waals surface area contributed by atoms with Crippen LogP contribution in [-0.4, -0.2) is 29.9 Å². The zero-order valence-electron chi connectivity index (χ0n) is 27.2. The van der Waals surface area contributed by atoms with Crippen molar-refractivity contribution in [1.82, 2.24) is 29.9 Å². The molecule has 8 rings (SSSR count). The third-order valence-corrected chi connectivity index (χ3v) is 9.30. The molecule has 0 fully saturated rings. The van der Waals surface area contributed by atoms with Crippen molar-refractivity contribution >= 4 is 21.8 Å². The second kappa shape index (κ2) is 11.9. The molecule has 48 heavy (non-hydrogen) atoms. The maximum atomic E-state index is 5.39. The summed E-state index contributed by atoms with van der Waals surface area (Å²) in [6.07, 6.45) is 5.40. The number of benzene rings is 2. The van der Waals surface area contributed by atoms with Crippen LogP contribution in [0.25, 0.3) is 78.4 Å². The lowest BCUT2D eigenvalue weighted by atomic mass is 9.94. The minimum atomic E-state index is 0.793. The van der Waals surface area contributed by atoms with Gasteiger partial charge in [-0.3, -0.25) is 15.0 Å². The molecule has 0 radical (unpaired) electrons. The van der Waals surface area contributed by atoms with E-state index in [-0.39, 0.29) is 0 Å². The smallest absolute Gasteiger partial charge is 0.0976 e. The van der Waals surface area contributed by atoms with Crippen LogP contribution in [0, 0.1) is 27.7 Å². The van der Waals surface area contributed by atoms with E-state index < -0.39 is 0 Å². The summed E-state index contributed by atoms with van der Waals surface area (Å²) in [6.45, 7) is 8.63. The molecule has 6 nitrogen and oxygen atoms in total. The Hall–Kier alpha value is -6.14. The van der Waals surface area contributed by atoms with Crippen molar-refractivity contribution in [1.29, 1.82) is 0 Å². The van der Waals surface area contributed by atoms with Gasteiger partial charge in [0.05, 0.1) is 50.9 Å². The van der Waals surface area contributed by atoms with Crippen molar-refractivity contribution in [2.45, 2.75) is 27.7 Å². The molecule has 0 atom stereocenters. The molecule has 2 aromatic carbocycles. The second-order valence-electron chi connectivity index (χ2n) is 12.1. The Morgan fingerprint density at radius 3 is 1.40 bits per heavy atom. The van der Waals surface area contributed by atoms with Crippen LogP contribution in [0.15, 0.2) is 122 Å². The third kappa shape index (κ3) is 5.08. The van der Waals surface area contributed by atoms with Crippen LogP contribution in [0.4, 0.5) is 0 Å². The SMILES string of the molecule is Cc1c(-c2cccc(-c3cc(-c4ccccn4)nc(-c4ccccn4)c3)c2)nc2c(ccc3c(C)c(C)c(-c4ccccn4)nc32)c1C. The summed E-state index contributed by atoms with van der Waals surface area (Å²) >= 11 is 0. The van der Waals surface area contributed by atoms with E-state index in [4.69, 9.17) is 15.0 Å². The fourth-order valence-corrected chi connectivity index (χ4v) is 6.43. The van der Waals surface area contributed by atoms with Gasteiger partial charge in [-0.25, -0.2) is 15.0 Å². The summed E-state index contributed by atoms with van der Waals surface area (Å²) in [6, 6.07) is 34.9. The molecule has 0 amide bonds. The average molecular weight is 621 g/mol. The van der Waals surface area contributed by atoms with Gasteiger partial charge in [0.2, 0.25) is 0 Å². The van der Waals surface area contributed by atoms with Crippen LogP contribution in [0.5, 0.6) is 0 Å². The topological polar surface area (TPSA) is 77.3 Å². The zero-order valence-corrected chi connectivity index (χ0v) is 27.2. The Balaban J connectivity index is 1.32. The lowest BCUT2D eigenvalue weighted by Gasteiger charge is -2.17. The molecular weight excluding hydrogens is 589 g/mol. The van der Waals surface area contributed by atoms with Gasteiger partial charge in [0.1, 0.15) is 0 Å². The highest BCUT2D eigenvalue weighted by atomic mass is 14.8. The fourth-order valence-electron chi connectivity index (χ4n) is 6.43. The van der Waals surface area contributed by atoms with Gasteiger partial charge < -0.3 is 0 Å². The van der Waals surface area contributed by atoms with Gasteiger partial charge >= 0.3 is 0 Å². The van der Waals surface area contributed by atoms with Crippen LogP contribution < -0.4 is 0 Å². The van der Waals surface area contributed by atoms with Gasteiger partial charge in [0, 0.05) is 34.9 Å². The van der Waals surface area contributed by atoms with Crippen LogP contribution >= 0.6 is 0 Å². The molecule has 0 bridgehead atoms.